The van der Waals surface area contributed by atoms with E-state index in [1.807, 2.05) is 12.2 Å². The monoisotopic (exact) mass is 213 g/mol. The number of hydrogen-bond acceptors (Lipinski definition) is 2. The molecule has 0 aromatic rings. The van der Waals surface area contributed by atoms with Gasteiger partial charge >= 0.3 is 0 Å². The van der Waals surface area contributed by atoms with Crippen LogP contribution in [0.15, 0.2) is 12.2 Å². The zero-order valence-corrected chi connectivity index (χ0v) is 8.07. The van der Waals surface area contributed by atoms with E-state index in [4.69, 9.17) is 11.6 Å². The Hall–Kier alpha value is -0.190. The molecule has 0 unspecified atom stereocenters. The van der Waals surface area contributed by atoms with Crippen LogP contribution >= 0.6 is 11.6 Å². The van der Waals surface area contributed by atoms with E-state index in [1.54, 1.807) is 0 Å². The molecule has 0 rings (SSSR count). The summed E-state index contributed by atoms with van der Waals surface area (Å²) in [5.74, 6) is 0.490. The molecule has 0 spiro atoms. The highest BCUT2D eigenvalue weighted by molar-refractivity contribution is 6.18. The summed E-state index contributed by atoms with van der Waals surface area (Å²) < 4.78 is 27.7. The summed E-state index contributed by atoms with van der Waals surface area (Å²) in [6, 6.07) is 0. The number of allylic oxidation sites excluding steroid dienone is 1. The van der Waals surface area contributed by atoms with Crippen LogP contribution < -0.4 is 5.32 Å². The Bertz CT molecular complexity index is 133. The minimum absolute atomic E-state index is 0.305. The van der Waals surface area contributed by atoms with Gasteiger partial charge in [0.2, 0.25) is 0 Å². The molecule has 0 radical (unpaired) electrons. The summed E-state index contributed by atoms with van der Waals surface area (Å²) in [7, 11) is 0. The maximum atomic E-state index is 11.5. The highest BCUT2D eigenvalue weighted by Crippen LogP contribution is 1.91. The second kappa shape index (κ2) is 9.89. The van der Waals surface area contributed by atoms with Crippen molar-refractivity contribution in [3.8, 4) is 0 Å². The molecule has 0 aliphatic rings. The highest BCUT2D eigenvalue weighted by Gasteiger charge is 1.99. The van der Waals surface area contributed by atoms with E-state index in [1.165, 1.54) is 0 Å². The number of rotatable bonds is 8. The summed E-state index contributed by atoms with van der Waals surface area (Å²) >= 11 is 5.38. The minimum atomic E-state index is -2.38. The Morgan fingerprint density at radius 2 is 2.15 bits per heavy atom. The third-order valence-electron chi connectivity index (χ3n) is 1.18. The maximum absolute atomic E-state index is 11.5. The molecule has 0 aromatic carbocycles. The van der Waals surface area contributed by atoms with Gasteiger partial charge in [-0.15, -0.1) is 11.6 Å². The van der Waals surface area contributed by atoms with Gasteiger partial charge in [-0.05, 0) is 0 Å². The van der Waals surface area contributed by atoms with Crippen LogP contribution in [-0.4, -0.2) is 38.6 Å². The first-order chi connectivity index (χ1) is 6.27. The van der Waals surface area contributed by atoms with Crippen molar-refractivity contribution in [2.24, 2.45) is 0 Å². The molecule has 1 N–H and O–H groups in total. The zero-order chi connectivity index (χ0) is 9.94. The van der Waals surface area contributed by atoms with Gasteiger partial charge in [-0.2, -0.15) is 0 Å². The van der Waals surface area contributed by atoms with Gasteiger partial charge in [0.05, 0.1) is 6.61 Å². The van der Waals surface area contributed by atoms with Gasteiger partial charge in [-0.3, -0.25) is 0 Å². The molecule has 0 aromatic heterocycles. The van der Waals surface area contributed by atoms with Gasteiger partial charge in [0.1, 0.15) is 6.61 Å². The second-order valence-corrected chi connectivity index (χ2v) is 2.60. The van der Waals surface area contributed by atoms with Gasteiger partial charge in [0, 0.05) is 19.0 Å². The SMILES string of the molecule is FC(F)COCCNC/C=C/CCl. The first-order valence-corrected chi connectivity index (χ1v) is 4.58. The summed E-state index contributed by atoms with van der Waals surface area (Å²) in [6.07, 6.45) is 1.31. The normalized spacial score (nSPS) is 11.7. The molecule has 0 aliphatic carbocycles. The lowest BCUT2D eigenvalue weighted by atomic mass is 10.5. The largest absolute Gasteiger partial charge is 0.374 e. The Kier molecular flexibility index (Phi) is 9.75. The van der Waals surface area contributed by atoms with Crippen LogP contribution in [0.1, 0.15) is 0 Å². The molecule has 0 amide bonds. The van der Waals surface area contributed by atoms with E-state index < -0.39 is 13.0 Å². The van der Waals surface area contributed by atoms with E-state index in [2.05, 4.69) is 10.1 Å². The lowest BCUT2D eigenvalue weighted by molar-refractivity contribution is 0.0190. The van der Waals surface area contributed by atoms with Gasteiger partial charge in [-0.25, -0.2) is 8.78 Å². The van der Waals surface area contributed by atoms with Crippen LogP contribution in [-0.2, 0) is 4.74 Å². The molecular weight excluding hydrogens is 200 g/mol. The third kappa shape index (κ3) is 11.8. The molecule has 13 heavy (non-hydrogen) atoms. The van der Waals surface area contributed by atoms with Crippen LogP contribution in [0.4, 0.5) is 8.78 Å². The Balaban J connectivity index is 2.95. The lowest BCUT2D eigenvalue weighted by Gasteiger charge is -2.03. The molecule has 0 fully saturated rings. The van der Waals surface area contributed by atoms with Crippen molar-refractivity contribution in [3.63, 3.8) is 0 Å². The van der Waals surface area contributed by atoms with E-state index in [-0.39, 0.29) is 0 Å². The third-order valence-corrected chi connectivity index (χ3v) is 1.36. The molecule has 0 heterocycles. The van der Waals surface area contributed by atoms with Crippen LogP contribution in [0.3, 0.4) is 0 Å². The van der Waals surface area contributed by atoms with Crippen molar-refractivity contribution in [2.45, 2.75) is 6.43 Å². The Morgan fingerprint density at radius 1 is 1.38 bits per heavy atom. The van der Waals surface area contributed by atoms with Crippen molar-refractivity contribution in [2.75, 3.05) is 32.2 Å². The predicted octanol–water partition coefficient (Wildman–Crippen LogP) is 1.65. The number of halogens is 3. The average molecular weight is 214 g/mol. The van der Waals surface area contributed by atoms with Crippen LogP contribution in [0.2, 0.25) is 0 Å². The fourth-order valence-corrected chi connectivity index (χ4v) is 0.774. The topological polar surface area (TPSA) is 21.3 Å². The molecule has 2 nitrogen and oxygen atoms in total. The van der Waals surface area contributed by atoms with Gasteiger partial charge < -0.3 is 10.1 Å². The fraction of sp³-hybridized carbons (Fsp3) is 0.750. The molecular formula is C8H14ClF2NO. The van der Waals surface area contributed by atoms with Crippen molar-refractivity contribution in [1.82, 2.24) is 5.32 Å². The van der Waals surface area contributed by atoms with E-state index in [0.29, 0.717) is 25.6 Å². The molecule has 78 valence electrons. The van der Waals surface area contributed by atoms with Crippen molar-refractivity contribution >= 4 is 11.6 Å². The van der Waals surface area contributed by atoms with E-state index in [0.717, 1.165) is 0 Å². The van der Waals surface area contributed by atoms with Gasteiger partial charge in [0.25, 0.3) is 6.43 Å². The number of alkyl halides is 3. The first-order valence-electron chi connectivity index (χ1n) is 4.05. The maximum Gasteiger partial charge on any atom is 0.261 e. The summed E-state index contributed by atoms with van der Waals surface area (Å²) in [5.41, 5.74) is 0. The van der Waals surface area contributed by atoms with Crippen LogP contribution in [0.5, 0.6) is 0 Å². The zero-order valence-electron chi connectivity index (χ0n) is 7.31. The minimum Gasteiger partial charge on any atom is -0.374 e. The quantitative estimate of drug-likeness (QED) is 0.376. The first kappa shape index (κ1) is 12.8. The summed E-state index contributed by atoms with van der Waals surface area (Å²) in [5, 5.41) is 2.98. The Morgan fingerprint density at radius 3 is 2.77 bits per heavy atom. The lowest BCUT2D eigenvalue weighted by Crippen LogP contribution is -2.21. The number of ether oxygens (including phenoxy) is 1. The fourth-order valence-electron chi connectivity index (χ4n) is 0.648. The standard InChI is InChI=1S/C8H14ClF2NO/c9-3-1-2-4-12-5-6-13-7-8(10)11/h1-2,8,12H,3-7H2/b2-1+. The average Bonchev–Trinajstić information content (AvgIpc) is 2.09. The van der Waals surface area contributed by atoms with E-state index >= 15 is 0 Å². The Labute approximate surface area is 81.9 Å². The highest BCUT2D eigenvalue weighted by atomic mass is 35.5. The number of nitrogens with one attached hydrogen (secondary N) is 1. The second-order valence-electron chi connectivity index (χ2n) is 2.30. The molecule has 5 heteroatoms. The summed E-state index contributed by atoms with van der Waals surface area (Å²) in [4.78, 5) is 0. The molecule has 0 aliphatic heterocycles. The van der Waals surface area contributed by atoms with Crippen molar-refractivity contribution in [3.05, 3.63) is 12.2 Å². The molecule has 0 saturated heterocycles. The molecule has 0 atom stereocenters. The van der Waals surface area contributed by atoms with Crippen LogP contribution in [0.25, 0.3) is 0 Å². The van der Waals surface area contributed by atoms with Gasteiger partial charge in [-0.1, -0.05) is 12.2 Å². The smallest absolute Gasteiger partial charge is 0.261 e. The van der Waals surface area contributed by atoms with Crippen molar-refractivity contribution < 1.29 is 13.5 Å². The summed E-state index contributed by atoms with van der Waals surface area (Å²) in [6.45, 7) is 1.07. The molecule has 0 bridgehead atoms. The number of hydrogen-bond donors (Lipinski definition) is 1. The van der Waals surface area contributed by atoms with Crippen molar-refractivity contribution in [1.29, 1.82) is 0 Å². The van der Waals surface area contributed by atoms with E-state index in [9.17, 15) is 8.78 Å². The molecule has 0 saturated carbocycles. The predicted molar refractivity (Wildman–Crippen MR) is 49.6 cm³/mol. The van der Waals surface area contributed by atoms with Crippen LogP contribution in [0, 0.1) is 0 Å². The van der Waals surface area contributed by atoms with Gasteiger partial charge in [0.15, 0.2) is 0 Å².